The Labute approximate surface area is 168 Å². The van der Waals surface area contributed by atoms with Crippen molar-refractivity contribution in [3.63, 3.8) is 0 Å². The van der Waals surface area contributed by atoms with Crippen LogP contribution in [0.3, 0.4) is 0 Å². The fraction of sp³-hybridized carbons (Fsp3) is 0.591. The number of hydrogen-bond acceptors (Lipinski definition) is 6. The van der Waals surface area contributed by atoms with Crippen LogP contribution < -0.4 is 20.9 Å². The monoisotopic (exact) mass is 386 g/mol. The van der Waals surface area contributed by atoms with Gasteiger partial charge in [0.15, 0.2) is 0 Å². The Bertz CT molecular complexity index is 714. The molecule has 1 aromatic carbocycles. The Morgan fingerprint density at radius 1 is 1.11 bits per heavy atom. The predicted octanol–water partition coefficient (Wildman–Crippen LogP) is 3.06. The highest BCUT2D eigenvalue weighted by Gasteiger charge is 2.37. The molecule has 2 heterocycles. The van der Waals surface area contributed by atoms with Gasteiger partial charge in [0, 0.05) is 18.8 Å². The molecule has 4 N–H and O–H groups in total. The van der Waals surface area contributed by atoms with Gasteiger partial charge in [-0.3, -0.25) is 4.90 Å². The van der Waals surface area contributed by atoms with Crippen LogP contribution in [0, 0.1) is 5.92 Å². The van der Waals surface area contributed by atoms with E-state index in [4.69, 9.17) is 20.9 Å². The number of rotatable bonds is 7. The first-order chi connectivity index (χ1) is 13.4. The maximum atomic E-state index is 6.70. The van der Waals surface area contributed by atoms with E-state index in [1.807, 2.05) is 33.1 Å². The minimum Gasteiger partial charge on any atom is -0.494 e. The largest absolute Gasteiger partial charge is 0.494 e. The smallest absolute Gasteiger partial charge is 0.123 e. The highest BCUT2D eigenvalue weighted by atomic mass is 16.5. The first-order valence-electron chi connectivity index (χ1n) is 10.3. The topological polar surface area (TPSA) is 86.1 Å². The van der Waals surface area contributed by atoms with Gasteiger partial charge in [-0.2, -0.15) is 0 Å². The molecule has 1 unspecified atom stereocenters. The fourth-order valence-corrected chi connectivity index (χ4v) is 4.25. The number of nitrogens with two attached hydrogens (primary N) is 2. The lowest BCUT2D eigenvalue weighted by atomic mass is 9.74. The van der Waals surface area contributed by atoms with Gasteiger partial charge in [0.05, 0.1) is 18.8 Å². The van der Waals surface area contributed by atoms with Crippen LogP contribution in [-0.4, -0.2) is 43.0 Å². The van der Waals surface area contributed by atoms with Crippen molar-refractivity contribution in [2.75, 3.05) is 26.3 Å². The standard InChI is InChI=1S/C22H34N4O2/c1-4-27-19-10-17(11-20(12-19)28-5-2)14-26-8-6-18(7-9-26)22(24)13-16(3)21(23)25-15-22/h10-12,15,18H,4-9,13-14,23-24H2,1-3H3. The van der Waals surface area contributed by atoms with Gasteiger partial charge in [0.25, 0.3) is 0 Å². The van der Waals surface area contributed by atoms with Gasteiger partial charge >= 0.3 is 0 Å². The molecule has 0 saturated carbocycles. The summed E-state index contributed by atoms with van der Waals surface area (Å²) in [6.45, 7) is 10.3. The van der Waals surface area contributed by atoms with E-state index in [0.29, 0.717) is 25.0 Å². The van der Waals surface area contributed by atoms with Crippen molar-refractivity contribution in [3.05, 3.63) is 35.2 Å². The lowest BCUT2D eigenvalue weighted by Gasteiger charge is -2.42. The molecule has 0 aliphatic carbocycles. The lowest BCUT2D eigenvalue weighted by molar-refractivity contribution is 0.148. The van der Waals surface area contributed by atoms with Crippen molar-refractivity contribution in [1.82, 2.24) is 4.90 Å². The molecule has 28 heavy (non-hydrogen) atoms. The molecule has 0 spiro atoms. The summed E-state index contributed by atoms with van der Waals surface area (Å²) < 4.78 is 11.4. The Morgan fingerprint density at radius 3 is 2.25 bits per heavy atom. The van der Waals surface area contributed by atoms with Gasteiger partial charge < -0.3 is 20.9 Å². The molecule has 2 aliphatic rings. The number of aliphatic imine (C=N–C) groups is 1. The summed E-state index contributed by atoms with van der Waals surface area (Å²) in [5, 5.41) is 0. The van der Waals surface area contributed by atoms with Crippen molar-refractivity contribution in [2.24, 2.45) is 22.4 Å². The maximum Gasteiger partial charge on any atom is 0.123 e. The van der Waals surface area contributed by atoms with E-state index in [2.05, 4.69) is 22.0 Å². The Balaban J connectivity index is 1.61. The second kappa shape index (κ2) is 8.97. The first kappa shape index (κ1) is 20.7. The van der Waals surface area contributed by atoms with Crippen molar-refractivity contribution >= 4 is 6.21 Å². The highest BCUT2D eigenvalue weighted by Crippen LogP contribution is 2.34. The third-order valence-corrected chi connectivity index (χ3v) is 5.77. The zero-order chi connectivity index (χ0) is 20.1. The Hall–Kier alpha value is -2.05. The van der Waals surface area contributed by atoms with Crippen LogP contribution >= 0.6 is 0 Å². The van der Waals surface area contributed by atoms with E-state index in [-0.39, 0.29) is 5.54 Å². The molecule has 2 aliphatic heterocycles. The lowest BCUT2D eigenvalue weighted by Crippen LogP contribution is -2.53. The van der Waals surface area contributed by atoms with E-state index < -0.39 is 0 Å². The molecule has 0 bridgehead atoms. The van der Waals surface area contributed by atoms with Crippen LogP contribution in [0.15, 0.2) is 34.6 Å². The molecule has 6 heteroatoms. The summed E-state index contributed by atoms with van der Waals surface area (Å²) in [5.41, 5.74) is 14.6. The minimum atomic E-state index is -0.365. The fourth-order valence-electron chi connectivity index (χ4n) is 4.25. The molecule has 1 atom stereocenters. The maximum absolute atomic E-state index is 6.70. The number of ether oxygens (including phenoxy) is 2. The van der Waals surface area contributed by atoms with Crippen molar-refractivity contribution in [2.45, 2.75) is 52.1 Å². The van der Waals surface area contributed by atoms with E-state index in [0.717, 1.165) is 56.0 Å². The van der Waals surface area contributed by atoms with Crippen LogP contribution in [0.25, 0.3) is 0 Å². The summed E-state index contributed by atoms with van der Waals surface area (Å²) >= 11 is 0. The number of hydrogen-bond donors (Lipinski definition) is 2. The van der Waals surface area contributed by atoms with E-state index in [1.165, 1.54) is 5.56 Å². The molecule has 0 amide bonds. The first-order valence-corrected chi connectivity index (χ1v) is 10.3. The van der Waals surface area contributed by atoms with E-state index in [9.17, 15) is 0 Å². The molecule has 3 rings (SSSR count). The van der Waals surface area contributed by atoms with Gasteiger partial charge in [0.2, 0.25) is 0 Å². The molecular weight excluding hydrogens is 352 g/mol. The minimum absolute atomic E-state index is 0.365. The number of benzene rings is 1. The van der Waals surface area contributed by atoms with Crippen LogP contribution in [0.2, 0.25) is 0 Å². The molecule has 1 saturated heterocycles. The van der Waals surface area contributed by atoms with Gasteiger partial charge in [-0.25, -0.2) is 4.99 Å². The Morgan fingerprint density at radius 2 is 1.71 bits per heavy atom. The molecule has 1 aromatic rings. The van der Waals surface area contributed by atoms with E-state index >= 15 is 0 Å². The SMILES string of the molecule is CCOc1cc(CN2CCC(C3(N)C=NC(N)=C(C)C3)CC2)cc(OCC)c1. The van der Waals surface area contributed by atoms with Crippen LogP contribution in [0.4, 0.5) is 0 Å². The molecule has 1 fully saturated rings. The third kappa shape index (κ3) is 4.86. The quantitative estimate of drug-likeness (QED) is 0.752. The zero-order valence-corrected chi connectivity index (χ0v) is 17.4. The van der Waals surface area contributed by atoms with E-state index in [1.54, 1.807) is 0 Å². The van der Waals surface area contributed by atoms with Crippen molar-refractivity contribution in [3.8, 4) is 11.5 Å². The highest BCUT2D eigenvalue weighted by molar-refractivity contribution is 5.74. The van der Waals surface area contributed by atoms with Gasteiger partial charge in [-0.05, 0) is 82.3 Å². The molecule has 6 nitrogen and oxygen atoms in total. The number of likely N-dealkylation sites (tertiary alicyclic amines) is 1. The van der Waals surface area contributed by atoms with Crippen LogP contribution in [0.1, 0.15) is 45.6 Å². The second-order valence-corrected chi connectivity index (χ2v) is 7.94. The summed E-state index contributed by atoms with van der Waals surface area (Å²) in [5.74, 6) is 2.80. The number of nitrogens with zero attached hydrogens (tertiary/aromatic N) is 2. The Kier molecular flexibility index (Phi) is 6.62. The van der Waals surface area contributed by atoms with Crippen LogP contribution in [0.5, 0.6) is 11.5 Å². The van der Waals surface area contributed by atoms with Gasteiger partial charge in [0.1, 0.15) is 17.3 Å². The van der Waals surface area contributed by atoms with Gasteiger partial charge in [-0.1, -0.05) is 0 Å². The summed E-state index contributed by atoms with van der Waals surface area (Å²) in [7, 11) is 0. The molecule has 0 radical (unpaired) electrons. The average molecular weight is 387 g/mol. The van der Waals surface area contributed by atoms with Crippen molar-refractivity contribution in [1.29, 1.82) is 0 Å². The predicted molar refractivity (Wildman–Crippen MR) is 114 cm³/mol. The average Bonchev–Trinajstić information content (AvgIpc) is 2.66. The molecular formula is C22H34N4O2. The van der Waals surface area contributed by atoms with Crippen molar-refractivity contribution < 1.29 is 9.47 Å². The summed E-state index contributed by atoms with van der Waals surface area (Å²) in [4.78, 5) is 6.83. The number of piperidine rings is 1. The molecule has 154 valence electrons. The normalized spacial score (nSPS) is 23.9. The van der Waals surface area contributed by atoms with Crippen LogP contribution in [-0.2, 0) is 6.54 Å². The summed E-state index contributed by atoms with van der Waals surface area (Å²) in [6.07, 6.45) is 4.83. The zero-order valence-electron chi connectivity index (χ0n) is 17.4. The summed E-state index contributed by atoms with van der Waals surface area (Å²) in [6, 6.07) is 6.20. The molecule has 0 aromatic heterocycles. The van der Waals surface area contributed by atoms with Gasteiger partial charge in [-0.15, -0.1) is 0 Å². The second-order valence-electron chi connectivity index (χ2n) is 7.94. The third-order valence-electron chi connectivity index (χ3n) is 5.77.